The summed E-state index contributed by atoms with van der Waals surface area (Å²) in [4.78, 5) is 0. The maximum atomic E-state index is 5.62. The van der Waals surface area contributed by atoms with Gasteiger partial charge in [-0.05, 0) is 72.6 Å². The molecule has 0 spiro atoms. The van der Waals surface area contributed by atoms with Gasteiger partial charge in [0.2, 0.25) is 0 Å². The van der Waals surface area contributed by atoms with Crippen LogP contribution < -0.4 is 9.47 Å². The standard InChI is InChI=1S/C30H38N4O2/c1-7-33-19-26(17-31-33)25-13-24(14-28(15-25)35-5)22(4)9-8-12-34-20-27(18-32-34)29-16-23(21(2)3)10-11-30(29)36-6/h10-11,13-22H,7-9,12H2,1-6H3. The van der Waals surface area contributed by atoms with E-state index in [2.05, 4.69) is 86.7 Å². The number of methoxy groups -OCH3 is 2. The van der Waals surface area contributed by atoms with Crippen LogP contribution in [0.15, 0.2) is 61.2 Å². The topological polar surface area (TPSA) is 54.1 Å². The molecule has 6 nitrogen and oxygen atoms in total. The fraction of sp³-hybridized carbons (Fsp3) is 0.400. The first-order valence-corrected chi connectivity index (χ1v) is 12.8. The smallest absolute Gasteiger partial charge is 0.126 e. The molecule has 2 aromatic heterocycles. The van der Waals surface area contributed by atoms with Crippen molar-refractivity contribution >= 4 is 0 Å². The van der Waals surface area contributed by atoms with Gasteiger partial charge in [-0.1, -0.05) is 32.9 Å². The third-order valence-corrected chi connectivity index (χ3v) is 6.88. The Labute approximate surface area is 214 Å². The minimum atomic E-state index is 0.401. The van der Waals surface area contributed by atoms with Gasteiger partial charge in [0.1, 0.15) is 11.5 Å². The van der Waals surface area contributed by atoms with Gasteiger partial charge in [-0.2, -0.15) is 10.2 Å². The fourth-order valence-corrected chi connectivity index (χ4v) is 4.54. The van der Waals surface area contributed by atoms with Gasteiger partial charge >= 0.3 is 0 Å². The first-order valence-electron chi connectivity index (χ1n) is 12.8. The second-order valence-electron chi connectivity index (χ2n) is 9.73. The average Bonchev–Trinajstić information content (AvgIpc) is 3.58. The summed E-state index contributed by atoms with van der Waals surface area (Å²) in [5, 5.41) is 9.07. The molecule has 2 heterocycles. The quantitative estimate of drug-likeness (QED) is 0.226. The lowest BCUT2D eigenvalue weighted by Crippen LogP contribution is -2.02. The van der Waals surface area contributed by atoms with Crippen LogP contribution in [0.3, 0.4) is 0 Å². The van der Waals surface area contributed by atoms with E-state index in [9.17, 15) is 0 Å². The van der Waals surface area contributed by atoms with Gasteiger partial charge in [0.25, 0.3) is 0 Å². The second kappa shape index (κ2) is 11.5. The van der Waals surface area contributed by atoms with Crippen molar-refractivity contribution in [1.82, 2.24) is 19.6 Å². The van der Waals surface area contributed by atoms with Crippen LogP contribution in [0, 0.1) is 0 Å². The monoisotopic (exact) mass is 486 g/mol. The largest absolute Gasteiger partial charge is 0.497 e. The first-order chi connectivity index (χ1) is 17.4. The molecule has 0 fully saturated rings. The lowest BCUT2D eigenvalue weighted by atomic mass is 9.93. The highest BCUT2D eigenvalue weighted by Crippen LogP contribution is 2.34. The molecular formula is C30H38N4O2. The Morgan fingerprint density at radius 1 is 0.806 bits per heavy atom. The van der Waals surface area contributed by atoms with Crippen LogP contribution in [0.1, 0.15) is 63.5 Å². The summed E-state index contributed by atoms with van der Waals surface area (Å²) in [7, 11) is 3.45. The Balaban J connectivity index is 1.43. The molecule has 6 heteroatoms. The van der Waals surface area contributed by atoms with Gasteiger partial charge < -0.3 is 9.47 Å². The number of aryl methyl sites for hydroxylation is 2. The van der Waals surface area contributed by atoms with Crippen molar-refractivity contribution in [3.05, 3.63) is 72.3 Å². The van der Waals surface area contributed by atoms with Crippen molar-refractivity contribution in [3.63, 3.8) is 0 Å². The third kappa shape index (κ3) is 5.81. The molecule has 4 aromatic rings. The summed E-state index contributed by atoms with van der Waals surface area (Å²) in [6.45, 7) is 10.5. The number of hydrogen-bond acceptors (Lipinski definition) is 4. The molecule has 1 atom stereocenters. The molecule has 0 saturated carbocycles. The van der Waals surface area contributed by atoms with Crippen molar-refractivity contribution in [2.45, 2.75) is 65.5 Å². The van der Waals surface area contributed by atoms with Crippen molar-refractivity contribution in [2.75, 3.05) is 14.2 Å². The maximum Gasteiger partial charge on any atom is 0.126 e. The molecule has 2 aromatic carbocycles. The van der Waals surface area contributed by atoms with E-state index >= 15 is 0 Å². The Morgan fingerprint density at radius 2 is 1.56 bits per heavy atom. The van der Waals surface area contributed by atoms with Crippen LogP contribution in [-0.2, 0) is 13.1 Å². The van der Waals surface area contributed by atoms with Crippen molar-refractivity contribution in [2.24, 2.45) is 0 Å². The van der Waals surface area contributed by atoms with Gasteiger partial charge in [0.15, 0.2) is 0 Å². The minimum absolute atomic E-state index is 0.401. The van der Waals surface area contributed by atoms with Crippen LogP contribution in [0.5, 0.6) is 11.5 Å². The van der Waals surface area contributed by atoms with Gasteiger partial charge in [0, 0.05) is 42.2 Å². The molecule has 0 bridgehead atoms. The number of nitrogens with zero attached hydrogens (tertiary/aromatic N) is 4. The Kier molecular flexibility index (Phi) is 8.14. The Bertz CT molecular complexity index is 1290. The number of hydrogen-bond donors (Lipinski definition) is 0. The summed E-state index contributed by atoms with van der Waals surface area (Å²) in [6.07, 6.45) is 10.2. The lowest BCUT2D eigenvalue weighted by molar-refractivity contribution is 0.413. The first kappa shape index (κ1) is 25.5. The molecule has 0 N–H and O–H groups in total. The number of ether oxygens (including phenoxy) is 2. The molecule has 36 heavy (non-hydrogen) atoms. The van der Waals surface area contributed by atoms with Crippen LogP contribution in [0.2, 0.25) is 0 Å². The van der Waals surface area contributed by atoms with Crippen LogP contribution in [-0.4, -0.2) is 33.8 Å². The fourth-order valence-electron chi connectivity index (χ4n) is 4.54. The number of aromatic nitrogens is 4. The van der Waals surface area contributed by atoms with Crippen molar-refractivity contribution in [1.29, 1.82) is 0 Å². The van der Waals surface area contributed by atoms with E-state index in [1.807, 2.05) is 21.8 Å². The third-order valence-electron chi connectivity index (χ3n) is 6.88. The maximum absolute atomic E-state index is 5.62. The second-order valence-corrected chi connectivity index (χ2v) is 9.73. The van der Waals surface area contributed by atoms with E-state index in [-0.39, 0.29) is 0 Å². The molecular weight excluding hydrogens is 448 g/mol. The number of rotatable bonds is 11. The van der Waals surface area contributed by atoms with Gasteiger partial charge in [-0.3, -0.25) is 9.36 Å². The zero-order valence-electron chi connectivity index (χ0n) is 22.4. The van der Waals surface area contributed by atoms with E-state index in [0.29, 0.717) is 11.8 Å². The van der Waals surface area contributed by atoms with E-state index in [4.69, 9.17) is 9.47 Å². The highest BCUT2D eigenvalue weighted by atomic mass is 16.5. The molecule has 0 amide bonds. The predicted octanol–water partition coefficient (Wildman–Crippen LogP) is 7.16. The zero-order valence-corrected chi connectivity index (χ0v) is 22.4. The van der Waals surface area contributed by atoms with E-state index in [1.54, 1.807) is 14.2 Å². The lowest BCUT2D eigenvalue weighted by Gasteiger charge is -2.15. The SMILES string of the molecule is CCn1cc(-c2cc(OC)cc(C(C)CCCn3cc(-c4cc(C(C)C)ccc4OC)cn3)c2)cn1. The summed E-state index contributed by atoms with van der Waals surface area (Å²) >= 11 is 0. The van der Waals surface area contributed by atoms with Gasteiger partial charge in [-0.15, -0.1) is 0 Å². The zero-order chi connectivity index (χ0) is 25.7. The van der Waals surface area contributed by atoms with Crippen LogP contribution in [0.4, 0.5) is 0 Å². The highest BCUT2D eigenvalue weighted by Gasteiger charge is 2.13. The molecule has 0 aliphatic rings. The molecule has 0 saturated heterocycles. The van der Waals surface area contributed by atoms with Gasteiger partial charge in [-0.25, -0.2) is 0 Å². The Hall–Kier alpha value is -3.54. The number of benzene rings is 2. The summed E-state index contributed by atoms with van der Waals surface area (Å²) in [5.74, 6) is 2.63. The molecule has 1 unspecified atom stereocenters. The van der Waals surface area contributed by atoms with E-state index < -0.39 is 0 Å². The summed E-state index contributed by atoms with van der Waals surface area (Å²) < 4.78 is 15.2. The normalized spacial score (nSPS) is 12.2. The molecule has 0 aliphatic carbocycles. The van der Waals surface area contributed by atoms with Gasteiger partial charge in [0.05, 0.1) is 26.6 Å². The predicted molar refractivity (Wildman–Crippen MR) is 146 cm³/mol. The molecule has 190 valence electrons. The minimum Gasteiger partial charge on any atom is -0.497 e. The Morgan fingerprint density at radius 3 is 2.25 bits per heavy atom. The van der Waals surface area contributed by atoms with E-state index in [0.717, 1.165) is 59.7 Å². The molecule has 0 aliphatic heterocycles. The highest BCUT2D eigenvalue weighted by molar-refractivity contribution is 5.70. The van der Waals surface area contributed by atoms with Crippen LogP contribution in [0.25, 0.3) is 22.3 Å². The van der Waals surface area contributed by atoms with Crippen molar-refractivity contribution < 1.29 is 9.47 Å². The van der Waals surface area contributed by atoms with E-state index in [1.165, 1.54) is 11.1 Å². The molecule has 0 radical (unpaired) electrons. The average molecular weight is 487 g/mol. The molecule has 4 rings (SSSR count). The summed E-state index contributed by atoms with van der Waals surface area (Å²) in [5.41, 5.74) is 7.03. The van der Waals surface area contributed by atoms with Crippen LogP contribution >= 0.6 is 0 Å². The summed E-state index contributed by atoms with van der Waals surface area (Å²) in [6, 6.07) is 12.9. The van der Waals surface area contributed by atoms with Crippen molar-refractivity contribution in [3.8, 4) is 33.8 Å².